The van der Waals surface area contributed by atoms with Crippen LogP contribution in [0.2, 0.25) is 0 Å². The highest BCUT2D eigenvalue weighted by Crippen LogP contribution is 2.23. The SMILES string of the molecule is CC1(NS(=O)(=O)c2ccccc2C(N)=S)CCCOC1. The van der Waals surface area contributed by atoms with Gasteiger partial charge in [0.25, 0.3) is 0 Å². The molecular weight excluding hydrogens is 296 g/mol. The van der Waals surface area contributed by atoms with Crippen molar-refractivity contribution in [3.63, 3.8) is 0 Å². The first-order valence-electron chi connectivity index (χ1n) is 6.35. The number of hydrogen-bond acceptors (Lipinski definition) is 4. The molecule has 0 radical (unpaired) electrons. The van der Waals surface area contributed by atoms with Crippen molar-refractivity contribution < 1.29 is 13.2 Å². The molecule has 0 amide bonds. The van der Waals surface area contributed by atoms with Gasteiger partial charge < -0.3 is 10.5 Å². The molecule has 1 fully saturated rings. The van der Waals surface area contributed by atoms with Crippen molar-refractivity contribution in [1.82, 2.24) is 4.72 Å². The molecule has 0 saturated carbocycles. The molecule has 0 spiro atoms. The van der Waals surface area contributed by atoms with Crippen LogP contribution in [0.5, 0.6) is 0 Å². The lowest BCUT2D eigenvalue weighted by Gasteiger charge is -2.34. The van der Waals surface area contributed by atoms with Crippen molar-refractivity contribution in [2.24, 2.45) is 5.73 Å². The fraction of sp³-hybridized carbons (Fsp3) is 0.462. The van der Waals surface area contributed by atoms with Crippen LogP contribution in [-0.4, -0.2) is 32.2 Å². The number of thiocarbonyl (C=S) groups is 1. The van der Waals surface area contributed by atoms with E-state index in [0.29, 0.717) is 18.8 Å². The molecule has 5 nitrogen and oxygen atoms in total. The fourth-order valence-corrected chi connectivity index (χ4v) is 4.19. The molecule has 1 aromatic rings. The highest BCUT2D eigenvalue weighted by molar-refractivity contribution is 7.89. The fourth-order valence-electron chi connectivity index (χ4n) is 2.30. The van der Waals surface area contributed by atoms with Crippen LogP contribution in [0.1, 0.15) is 25.3 Å². The van der Waals surface area contributed by atoms with E-state index in [1.165, 1.54) is 6.07 Å². The molecule has 0 bridgehead atoms. The predicted molar refractivity (Wildman–Crippen MR) is 81.1 cm³/mol. The molecule has 1 atom stereocenters. The Morgan fingerprint density at radius 2 is 2.15 bits per heavy atom. The Morgan fingerprint density at radius 3 is 2.75 bits per heavy atom. The molecule has 20 heavy (non-hydrogen) atoms. The van der Waals surface area contributed by atoms with Gasteiger partial charge in [-0.25, -0.2) is 13.1 Å². The van der Waals surface area contributed by atoms with E-state index in [1.54, 1.807) is 18.2 Å². The maximum absolute atomic E-state index is 12.5. The number of nitrogens with two attached hydrogens (primary N) is 1. The number of nitrogens with one attached hydrogen (secondary N) is 1. The monoisotopic (exact) mass is 314 g/mol. The van der Waals surface area contributed by atoms with E-state index in [0.717, 1.165) is 12.8 Å². The minimum atomic E-state index is -3.69. The first kappa shape index (κ1) is 15.4. The van der Waals surface area contributed by atoms with Crippen molar-refractivity contribution in [1.29, 1.82) is 0 Å². The summed E-state index contributed by atoms with van der Waals surface area (Å²) in [6.07, 6.45) is 1.57. The van der Waals surface area contributed by atoms with Gasteiger partial charge in [-0.1, -0.05) is 30.4 Å². The summed E-state index contributed by atoms with van der Waals surface area (Å²) in [6, 6.07) is 6.47. The summed E-state index contributed by atoms with van der Waals surface area (Å²) in [6.45, 7) is 2.87. The molecule has 1 aliphatic rings. The quantitative estimate of drug-likeness (QED) is 0.815. The van der Waals surface area contributed by atoms with Gasteiger partial charge in [-0.05, 0) is 25.8 Å². The predicted octanol–water partition coefficient (Wildman–Crippen LogP) is 1.17. The maximum Gasteiger partial charge on any atom is 0.241 e. The van der Waals surface area contributed by atoms with Crippen molar-refractivity contribution in [2.45, 2.75) is 30.2 Å². The molecule has 110 valence electrons. The van der Waals surface area contributed by atoms with Gasteiger partial charge in [0.1, 0.15) is 4.99 Å². The van der Waals surface area contributed by atoms with E-state index in [9.17, 15) is 8.42 Å². The second kappa shape index (κ2) is 5.77. The van der Waals surface area contributed by atoms with Gasteiger partial charge in [0, 0.05) is 12.2 Å². The molecule has 1 unspecified atom stereocenters. The van der Waals surface area contributed by atoms with Crippen molar-refractivity contribution in [2.75, 3.05) is 13.2 Å². The van der Waals surface area contributed by atoms with Crippen LogP contribution in [0.4, 0.5) is 0 Å². The lowest BCUT2D eigenvalue weighted by atomic mass is 9.97. The topological polar surface area (TPSA) is 81.4 Å². The number of ether oxygens (including phenoxy) is 1. The van der Waals surface area contributed by atoms with Gasteiger partial charge in [-0.2, -0.15) is 0 Å². The third-order valence-corrected chi connectivity index (χ3v) is 5.18. The summed E-state index contributed by atoms with van der Waals surface area (Å²) in [5, 5.41) is 0. The molecule has 1 aromatic carbocycles. The maximum atomic E-state index is 12.5. The summed E-state index contributed by atoms with van der Waals surface area (Å²) in [5.41, 5.74) is 5.35. The highest BCUT2D eigenvalue weighted by atomic mass is 32.2. The zero-order valence-electron chi connectivity index (χ0n) is 11.3. The highest BCUT2D eigenvalue weighted by Gasteiger charge is 2.33. The summed E-state index contributed by atoms with van der Waals surface area (Å²) in [7, 11) is -3.69. The molecule has 7 heteroatoms. The standard InChI is InChI=1S/C13H18N2O3S2/c1-13(7-4-8-18-9-13)15-20(16,17)11-6-3-2-5-10(11)12(14)19/h2-3,5-6,15H,4,7-9H2,1H3,(H2,14,19). The molecule has 0 aliphatic carbocycles. The Bertz CT molecular complexity index is 608. The largest absolute Gasteiger partial charge is 0.389 e. The van der Waals surface area contributed by atoms with Gasteiger partial charge in [-0.3, -0.25) is 0 Å². The second-order valence-corrected chi connectivity index (χ2v) is 7.27. The summed E-state index contributed by atoms with van der Waals surface area (Å²) < 4.78 is 33.2. The number of rotatable bonds is 4. The van der Waals surface area contributed by atoms with Gasteiger partial charge in [0.15, 0.2) is 0 Å². The zero-order valence-corrected chi connectivity index (χ0v) is 12.9. The van der Waals surface area contributed by atoms with Crippen LogP contribution in [0.25, 0.3) is 0 Å². The Morgan fingerprint density at radius 1 is 1.45 bits per heavy atom. The number of hydrogen-bond donors (Lipinski definition) is 2. The Balaban J connectivity index is 2.33. The van der Waals surface area contributed by atoms with E-state index in [4.69, 9.17) is 22.7 Å². The van der Waals surface area contributed by atoms with Crippen molar-refractivity contribution in [3.8, 4) is 0 Å². The van der Waals surface area contributed by atoms with Gasteiger partial charge in [0.2, 0.25) is 10.0 Å². The summed E-state index contributed by atoms with van der Waals surface area (Å²) in [4.78, 5) is 0.176. The first-order valence-corrected chi connectivity index (χ1v) is 8.24. The van der Waals surface area contributed by atoms with Crippen LogP contribution < -0.4 is 10.5 Å². The van der Waals surface area contributed by atoms with Gasteiger partial charge in [-0.15, -0.1) is 0 Å². The molecule has 2 rings (SSSR count). The Kier molecular flexibility index (Phi) is 4.43. The molecule has 0 aromatic heterocycles. The molecule has 3 N–H and O–H groups in total. The Hall–Kier alpha value is -1.02. The van der Waals surface area contributed by atoms with Gasteiger partial charge in [0.05, 0.1) is 17.0 Å². The van der Waals surface area contributed by atoms with Crippen LogP contribution >= 0.6 is 12.2 Å². The number of sulfonamides is 1. The van der Waals surface area contributed by atoms with Gasteiger partial charge >= 0.3 is 0 Å². The first-order chi connectivity index (χ1) is 9.34. The van der Waals surface area contributed by atoms with Crippen LogP contribution in [0, 0.1) is 0 Å². The van der Waals surface area contributed by atoms with Crippen LogP contribution in [-0.2, 0) is 14.8 Å². The van der Waals surface area contributed by atoms with Crippen molar-refractivity contribution in [3.05, 3.63) is 29.8 Å². The molecule has 1 saturated heterocycles. The minimum absolute atomic E-state index is 0.0658. The molecule has 1 heterocycles. The summed E-state index contributed by atoms with van der Waals surface area (Å²) in [5.74, 6) is 0. The third kappa shape index (κ3) is 3.35. The number of benzene rings is 1. The lowest BCUT2D eigenvalue weighted by Crippen LogP contribution is -2.51. The average Bonchev–Trinajstić information content (AvgIpc) is 2.38. The van der Waals surface area contributed by atoms with Crippen molar-refractivity contribution >= 4 is 27.2 Å². The Labute approximate surface area is 124 Å². The molecular formula is C13H18N2O3S2. The molecule has 1 aliphatic heterocycles. The second-order valence-electron chi connectivity index (χ2n) is 5.18. The van der Waals surface area contributed by atoms with E-state index >= 15 is 0 Å². The van der Waals surface area contributed by atoms with Crippen LogP contribution in [0.15, 0.2) is 29.2 Å². The third-order valence-electron chi connectivity index (χ3n) is 3.26. The zero-order chi connectivity index (χ0) is 14.8. The van der Waals surface area contributed by atoms with E-state index in [-0.39, 0.29) is 9.88 Å². The normalized spacial score (nSPS) is 23.4. The smallest absolute Gasteiger partial charge is 0.241 e. The minimum Gasteiger partial charge on any atom is -0.389 e. The summed E-state index contributed by atoms with van der Waals surface area (Å²) >= 11 is 4.91. The lowest BCUT2D eigenvalue weighted by molar-refractivity contribution is 0.0386. The van der Waals surface area contributed by atoms with E-state index < -0.39 is 15.6 Å². The van der Waals surface area contributed by atoms with Crippen LogP contribution in [0.3, 0.4) is 0 Å². The average molecular weight is 314 g/mol. The van der Waals surface area contributed by atoms with E-state index in [1.807, 2.05) is 6.92 Å². The van der Waals surface area contributed by atoms with E-state index in [2.05, 4.69) is 4.72 Å².